The molecule has 1 aromatic heterocycles. The Kier molecular flexibility index (Phi) is 7.71. The van der Waals surface area contributed by atoms with Crippen LogP contribution in [0.4, 0.5) is 0 Å². The molecule has 196 valence electrons. The van der Waals surface area contributed by atoms with Gasteiger partial charge in [0.05, 0.1) is 19.8 Å². The lowest BCUT2D eigenvalue weighted by Crippen LogP contribution is -2.55. The van der Waals surface area contributed by atoms with Gasteiger partial charge in [-0.25, -0.2) is 9.78 Å². The van der Waals surface area contributed by atoms with E-state index in [2.05, 4.69) is 25.8 Å². The molecule has 1 saturated heterocycles. The van der Waals surface area contributed by atoms with Crippen molar-refractivity contribution in [2.75, 3.05) is 20.8 Å². The molecule has 1 amide bonds. The molecule has 3 atom stereocenters. The van der Waals surface area contributed by atoms with Gasteiger partial charge in [-0.2, -0.15) is 0 Å². The van der Waals surface area contributed by atoms with Crippen LogP contribution in [0.2, 0.25) is 0 Å². The molecule has 2 heterocycles. The third-order valence-corrected chi connectivity index (χ3v) is 7.93. The number of aromatic nitrogens is 1. The summed E-state index contributed by atoms with van der Waals surface area (Å²) < 4.78 is 11.2. The van der Waals surface area contributed by atoms with Crippen molar-refractivity contribution in [2.24, 2.45) is 5.92 Å². The maximum atomic E-state index is 14.4. The molecule has 3 aromatic rings. The van der Waals surface area contributed by atoms with E-state index in [1.165, 1.54) is 11.3 Å². The van der Waals surface area contributed by atoms with Crippen LogP contribution in [0.15, 0.2) is 60.1 Å². The van der Waals surface area contributed by atoms with E-state index in [0.717, 1.165) is 11.1 Å². The van der Waals surface area contributed by atoms with Crippen molar-refractivity contribution in [3.63, 3.8) is 0 Å². The van der Waals surface area contributed by atoms with Gasteiger partial charge in [-0.1, -0.05) is 57.2 Å². The highest BCUT2D eigenvalue weighted by atomic mass is 32.1. The second-order valence-corrected chi connectivity index (χ2v) is 11.5. The van der Waals surface area contributed by atoms with Crippen molar-refractivity contribution in [3.8, 4) is 5.75 Å². The number of nitrogens with zero attached hydrogens (tertiary/aromatic N) is 2. The molecule has 1 aliphatic heterocycles. The number of carboxylic acid groups (broad SMARTS) is 1. The fourth-order valence-electron chi connectivity index (χ4n) is 5.44. The zero-order chi connectivity index (χ0) is 26.8. The first-order valence-electron chi connectivity index (χ1n) is 12.3. The number of carbonyl (C=O) groups is 2. The van der Waals surface area contributed by atoms with Crippen LogP contribution in [0.5, 0.6) is 5.75 Å². The predicted molar refractivity (Wildman–Crippen MR) is 143 cm³/mol. The van der Waals surface area contributed by atoms with Crippen LogP contribution in [0, 0.1) is 5.92 Å². The average Bonchev–Trinajstić information content (AvgIpc) is 3.50. The largest absolute Gasteiger partial charge is 0.496 e. The molecular formula is C29H34N2O5S. The van der Waals surface area contributed by atoms with Gasteiger partial charge in [-0.15, -0.1) is 11.3 Å². The fraction of sp³-hybridized carbons (Fsp3) is 0.414. The van der Waals surface area contributed by atoms with Gasteiger partial charge in [-0.05, 0) is 35.1 Å². The van der Waals surface area contributed by atoms with Crippen LogP contribution >= 0.6 is 11.3 Å². The Hall–Kier alpha value is -3.23. The van der Waals surface area contributed by atoms with E-state index in [1.807, 2.05) is 41.8 Å². The zero-order valence-corrected chi connectivity index (χ0v) is 22.7. The first-order valence-corrected chi connectivity index (χ1v) is 13.2. The number of benzene rings is 2. The van der Waals surface area contributed by atoms with Gasteiger partial charge in [0.2, 0.25) is 0 Å². The van der Waals surface area contributed by atoms with Crippen molar-refractivity contribution < 1.29 is 24.2 Å². The fourth-order valence-corrected chi connectivity index (χ4v) is 6.26. The van der Waals surface area contributed by atoms with Gasteiger partial charge in [0.25, 0.3) is 5.91 Å². The van der Waals surface area contributed by atoms with E-state index >= 15 is 0 Å². The number of rotatable bonds is 8. The molecule has 37 heavy (non-hydrogen) atoms. The van der Waals surface area contributed by atoms with Crippen LogP contribution < -0.4 is 4.74 Å². The molecule has 0 saturated carbocycles. The second-order valence-electron chi connectivity index (χ2n) is 10.6. The summed E-state index contributed by atoms with van der Waals surface area (Å²) in [6.07, 6.45) is 2.11. The number of ether oxygens (including phenoxy) is 2. The summed E-state index contributed by atoms with van der Waals surface area (Å²) in [5.74, 6) is -1.05. The van der Waals surface area contributed by atoms with Crippen molar-refractivity contribution in [3.05, 3.63) is 81.8 Å². The van der Waals surface area contributed by atoms with Crippen LogP contribution in [-0.2, 0) is 21.4 Å². The Morgan fingerprint density at radius 2 is 1.89 bits per heavy atom. The van der Waals surface area contributed by atoms with Crippen LogP contribution in [0.3, 0.4) is 0 Å². The summed E-state index contributed by atoms with van der Waals surface area (Å²) in [5.41, 5.74) is 0.525. The smallest absolute Gasteiger partial charge is 0.330 e. The molecule has 1 N–H and O–H groups in total. The predicted octanol–water partition coefficient (Wildman–Crippen LogP) is 5.37. The van der Waals surface area contributed by atoms with Crippen LogP contribution in [0.1, 0.15) is 59.7 Å². The van der Waals surface area contributed by atoms with Crippen molar-refractivity contribution >= 4 is 23.2 Å². The average molecular weight is 523 g/mol. The lowest BCUT2D eigenvalue weighted by atomic mass is 9.84. The Morgan fingerprint density at radius 1 is 1.16 bits per heavy atom. The van der Waals surface area contributed by atoms with Gasteiger partial charge in [0.1, 0.15) is 16.3 Å². The van der Waals surface area contributed by atoms with E-state index in [9.17, 15) is 14.7 Å². The summed E-state index contributed by atoms with van der Waals surface area (Å²) in [7, 11) is 3.18. The standard InChI is InChI=1S/C29H34N2O5S/c1-28(2,3)22-12-11-20(15-23(22)36-5)26(32)31-24(25-30-13-14-37-25)21(18-35-4)17-29(31,27(33)34)16-19-9-7-6-8-10-19/h6-15,21,24H,16-18H2,1-5H3,(H,33,34)/t21-,24+,29?/m0/s1. The van der Waals surface area contributed by atoms with Gasteiger partial charge < -0.3 is 19.5 Å². The molecule has 1 fully saturated rings. The summed E-state index contributed by atoms with van der Waals surface area (Å²) in [5, 5.41) is 13.3. The summed E-state index contributed by atoms with van der Waals surface area (Å²) in [6.45, 7) is 6.55. The Morgan fingerprint density at radius 3 is 2.46 bits per heavy atom. The van der Waals surface area contributed by atoms with E-state index in [0.29, 0.717) is 22.9 Å². The van der Waals surface area contributed by atoms with Crippen LogP contribution in [0.25, 0.3) is 0 Å². The van der Waals surface area contributed by atoms with Gasteiger partial charge in [0.15, 0.2) is 0 Å². The third-order valence-electron chi connectivity index (χ3n) is 7.08. The monoisotopic (exact) mass is 522 g/mol. The minimum Gasteiger partial charge on any atom is -0.496 e. The number of aliphatic carboxylic acids is 1. The molecule has 2 aromatic carbocycles. The number of carboxylic acids is 1. The summed E-state index contributed by atoms with van der Waals surface area (Å²) in [6, 6.07) is 14.3. The van der Waals surface area contributed by atoms with E-state index < -0.39 is 17.6 Å². The van der Waals surface area contributed by atoms with Gasteiger partial charge in [0, 0.05) is 36.6 Å². The molecule has 0 spiro atoms. The lowest BCUT2D eigenvalue weighted by molar-refractivity contribution is -0.149. The van der Waals surface area contributed by atoms with Crippen LogP contribution in [-0.4, -0.2) is 53.2 Å². The Labute approximate surface area is 222 Å². The molecule has 0 radical (unpaired) electrons. The molecule has 8 heteroatoms. The highest BCUT2D eigenvalue weighted by Gasteiger charge is 2.59. The number of thiazole rings is 1. The van der Waals surface area contributed by atoms with Gasteiger partial charge in [-0.3, -0.25) is 4.79 Å². The quantitative estimate of drug-likeness (QED) is 0.428. The number of carbonyl (C=O) groups excluding carboxylic acids is 1. The molecule has 0 aliphatic carbocycles. The van der Waals surface area contributed by atoms with Crippen molar-refractivity contribution in [1.29, 1.82) is 0 Å². The maximum absolute atomic E-state index is 14.4. The first-order chi connectivity index (χ1) is 17.6. The summed E-state index contributed by atoms with van der Waals surface area (Å²) >= 11 is 1.42. The van der Waals surface area contributed by atoms with Gasteiger partial charge >= 0.3 is 5.97 Å². The number of amides is 1. The molecular weight excluding hydrogens is 488 g/mol. The highest BCUT2D eigenvalue weighted by molar-refractivity contribution is 7.09. The SMILES string of the molecule is COC[C@@H]1CC(Cc2ccccc2)(C(=O)O)N(C(=O)c2ccc(C(C)(C)C)c(OC)c2)[C@H]1c1nccs1. The minimum atomic E-state index is -1.48. The Balaban J connectivity index is 1.89. The number of methoxy groups -OCH3 is 2. The number of hydrogen-bond acceptors (Lipinski definition) is 6. The molecule has 1 aliphatic rings. The second kappa shape index (κ2) is 10.6. The van der Waals surface area contributed by atoms with Crippen molar-refractivity contribution in [2.45, 2.75) is 50.6 Å². The normalized spacial score (nSPS) is 21.7. The van der Waals surface area contributed by atoms with E-state index in [4.69, 9.17) is 9.47 Å². The third kappa shape index (κ3) is 5.13. The molecule has 0 bridgehead atoms. The zero-order valence-electron chi connectivity index (χ0n) is 21.9. The lowest BCUT2D eigenvalue weighted by Gasteiger charge is -2.38. The number of hydrogen-bond donors (Lipinski definition) is 1. The number of likely N-dealkylation sites (tertiary alicyclic amines) is 1. The maximum Gasteiger partial charge on any atom is 0.330 e. The van der Waals surface area contributed by atoms with Crippen molar-refractivity contribution in [1.82, 2.24) is 9.88 Å². The van der Waals surface area contributed by atoms with E-state index in [-0.39, 0.29) is 30.1 Å². The van der Waals surface area contributed by atoms with E-state index in [1.54, 1.807) is 37.4 Å². The molecule has 1 unspecified atom stereocenters. The topological polar surface area (TPSA) is 89.0 Å². The minimum absolute atomic E-state index is 0.175. The summed E-state index contributed by atoms with van der Waals surface area (Å²) in [4.78, 5) is 33.6. The Bertz CT molecular complexity index is 1240. The molecule has 7 nitrogen and oxygen atoms in total. The first kappa shape index (κ1) is 26.8. The highest BCUT2D eigenvalue weighted by Crippen LogP contribution is 2.50. The molecule has 4 rings (SSSR count).